The lowest BCUT2D eigenvalue weighted by molar-refractivity contribution is -0.0404. The van der Waals surface area contributed by atoms with Crippen LogP contribution in [-0.4, -0.2) is 62.3 Å². The van der Waals surface area contributed by atoms with Crippen molar-refractivity contribution in [2.75, 3.05) is 25.1 Å². The van der Waals surface area contributed by atoms with Gasteiger partial charge in [-0.05, 0) is 77.8 Å². The molecule has 13 heteroatoms. The molecule has 3 fully saturated rings. The standard InChI is InChI=1S/C31H42N6O5S2/c1-19(2)42-31(38)35-22-9-7-21(8-10-22)30-33-16-26(43-30)25-12-11-23(15-27(25)44(32,39)24-17-40-18-24)34-28-14-20(3)37(36-28)29-6-4-5-13-41-29/h11-12,14-16,19,21-22,24,29,32H,4-10,13,17-18H2,1-3H3,(H,34,36)(H,35,38). The number of alkyl carbamates (subject to hydrolysis) is 1. The molecule has 1 amide bonds. The average Bonchev–Trinajstić information content (AvgIpc) is 3.59. The van der Waals surface area contributed by atoms with Gasteiger partial charge in [-0.25, -0.2) is 23.4 Å². The summed E-state index contributed by atoms with van der Waals surface area (Å²) in [7, 11) is -3.14. The normalized spacial score (nSPS) is 24.0. The fraction of sp³-hybridized carbons (Fsp3) is 0.581. The maximum absolute atomic E-state index is 14.0. The highest BCUT2D eigenvalue weighted by atomic mass is 32.2. The molecule has 1 saturated carbocycles. The van der Waals surface area contributed by atoms with Gasteiger partial charge in [0.25, 0.3) is 0 Å². The summed E-state index contributed by atoms with van der Waals surface area (Å²) < 4.78 is 41.4. The molecule has 44 heavy (non-hydrogen) atoms. The number of anilines is 2. The number of nitrogens with zero attached hydrogens (tertiary/aromatic N) is 3. The summed E-state index contributed by atoms with van der Waals surface area (Å²) in [5.41, 5.74) is 2.50. The van der Waals surface area contributed by atoms with Crippen LogP contribution in [0.4, 0.5) is 16.3 Å². The summed E-state index contributed by atoms with van der Waals surface area (Å²) in [5.74, 6) is 0.977. The minimum Gasteiger partial charge on any atom is -0.447 e. The number of aromatic nitrogens is 3. The average molecular weight is 643 g/mol. The van der Waals surface area contributed by atoms with Crippen LogP contribution in [0, 0.1) is 11.7 Å². The van der Waals surface area contributed by atoms with E-state index in [1.807, 2.05) is 55.9 Å². The zero-order chi connectivity index (χ0) is 30.8. The predicted molar refractivity (Wildman–Crippen MR) is 170 cm³/mol. The van der Waals surface area contributed by atoms with Crippen molar-refractivity contribution in [2.45, 2.75) is 100 Å². The molecule has 2 unspecified atom stereocenters. The fourth-order valence-electron chi connectivity index (χ4n) is 6.05. The minimum atomic E-state index is -3.14. The van der Waals surface area contributed by atoms with E-state index < -0.39 is 9.73 Å². The Morgan fingerprint density at radius 1 is 1.16 bits per heavy atom. The van der Waals surface area contributed by atoms with E-state index in [9.17, 15) is 9.00 Å². The summed E-state index contributed by atoms with van der Waals surface area (Å²) in [6.45, 7) is 7.08. The second-order valence-corrected chi connectivity index (χ2v) is 15.6. The first kappa shape index (κ1) is 31.0. The molecule has 2 aliphatic heterocycles. The molecular formula is C31H42N6O5S2. The third-order valence-corrected chi connectivity index (χ3v) is 11.9. The SMILES string of the molecule is Cc1cc(Nc2ccc(-c3cnc(C4CCC(NC(=O)OC(C)C)CC4)s3)c(S(=N)(=O)C3COC3)c2)nn1C1CCCCO1. The van der Waals surface area contributed by atoms with Gasteiger partial charge in [0.15, 0.2) is 12.0 Å². The number of benzene rings is 1. The molecule has 6 rings (SSSR count). The molecule has 3 aliphatic rings. The number of carbonyl (C=O) groups excluding carboxylic acids is 1. The van der Waals surface area contributed by atoms with Gasteiger partial charge in [-0.1, -0.05) is 6.07 Å². The van der Waals surface area contributed by atoms with Crippen LogP contribution >= 0.6 is 11.3 Å². The first-order valence-electron chi connectivity index (χ1n) is 15.5. The maximum atomic E-state index is 14.0. The first-order valence-corrected chi connectivity index (χ1v) is 18.0. The Hall–Kier alpha value is -3.00. The van der Waals surface area contributed by atoms with Gasteiger partial charge in [-0.2, -0.15) is 5.10 Å². The molecule has 11 nitrogen and oxygen atoms in total. The molecule has 238 valence electrons. The van der Waals surface area contributed by atoms with E-state index in [2.05, 4.69) is 10.6 Å². The number of thiazole rings is 1. The van der Waals surface area contributed by atoms with Gasteiger partial charge in [0, 0.05) is 47.8 Å². The van der Waals surface area contributed by atoms with Crippen LogP contribution in [0.2, 0.25) is 0 Å². The Labute approximate surface area is 263 Å². The number of amides is 1. The van der Waals surface area contributed by atoms with Gasteiger partial charge in [-0.3, -0.25) is 0 Å². The van der Waals surface area contributed by atoms with Crippen molar-refractivity contribution in [1.29, 1.82) is 4.78 Å². The number of ether oxygens (including phenoxy) is 3. The van der Waals surface area contributed by atoms with Crippen LogP contribution in [0.5, 0.6) is 0 Å². The van der Waals surface area contributed by atoms with Crippen molar-refractivity contribution >= 4 is 38.7 Å². The first-order chi connectivity index (χ1) is 21.2. The fourth-order valence-corrected chi connectivity index (χ4v) is 8.98. The van der Waals surface area contributed by atoms with E-state index in [-0.39, 0.29) is 29.7 Å². The quantitative estimate of drug-likeness (QED) is 0.234. The summed E-state index contributed by atoms with van der Waals surface area (Å²) in [6.07, 6.45) is 7.98. The van der Waals surface area contributed by atoms with Crippen LogP contribution in [0.1, 0.15) is 81.6 Å². The van der Waals surface area contributed by atoms with Gasteiger partial charge in [0.1, 0.15) is 0 Å². The van der Waals surface area contributed by atoms with Crippen LogP contribution in [0.15, 0.2) is 35.4 Å². The number of rotatable bonds is 9. The highest BCUT2D eigenvalue weighted by molar-refractivity contribution is 7.93. The number of carbonyl (C=O) groups is 1. The Balaban J connectivity index is 1.20. The van der Waals surface area contributed by atoms with Gasteiger partial charge in [0.2, 0.25) is 0 Å². The Bertz CT molecular complexity index is 1570. The van der Waals surface area contributed by atoms with Crippen LogP contribution < -0.4 is 10.6 Å². The van der Waals surface area contributed by atoms with Crippen molar-refractivity contribution < 1.29 is 23.2 Å². The Kier molecular flexibility index (Phi) is 9.27. The van der Waals surface area contributed by atoms with E-state index in [0.717, 1.165) is 78.4 Å². The van der Waals surface area contributed by atoms with Gasteiger partial charge >= 0.3 is 6.09 Å². The van der Waals surface area contributed by atoms with Gasteiger partial charge in [0.05, 0.1) is 49.1 Å². The zero-order valence-electron chi connectivity index (χ0n) is 25.5. The maximum Gasteiger partial charge on any atom is 0.407 e. The molecular weight excluding hydrogens is 601 g/mol. The number of aryl methyl sites for hydroxylation is 1. The number of nitrogens with one attached hydrogen (secondary N) is 3. The van der Waals surface area contributed by atoms with Crippen molar-refractivity contribution in [3.63, 3.8) is 0 Å². The molecule has 2 aromatic heterocycles. The number of hydrogen-bond donors (Lipinski definition) is 3. The third-order valence-electron chi connectivity index (χ3n) is 8.54. The summed E-state index contributed by atoms with van der Waals surface area (Å²) >= 11 is 1.60. The van der Waals surface area contributed by atoms with Crippen molar-refractivity contribution in [3.05, 3.63) is 41.2 Å². The molecule has 2 saturated heterocycles. The largest absolute Gasteiger partial charge is 0.447 e. The van der Waals surface area contributed by atoms with Crippen molar-refractivity contribution in [3.8, 4) is 10.4 Å². The lowest BCUT2D eigenvalue weighted by Crippen LogP contribution is -2.40. The second-order valence-electron chi connectivity index (χ2n) is 12.2. The molecule has 0 radical (unpaired) electrons. The molecule has 2 atom stereocenters. The molecule has 0 spiro atoms. The Morgan fingerprint density at radius 2 is 1.95 bits per heavy atom. The van der Waals surface area contributed by atoms with Crippen molar-refractivity contribution in [1.82, 2.24) is 20.1 Å². The van der Waals surface area contributed by atoms with Crippen LogP contribution in [0.3, 0.4) is 0 Å². The molecule has 3 N–H and O–H groups in total. The molecule has 1 aliphatic carbocycles. The summed E-state index contributed by atoms with van der Waals surface area (Å²) in [4.78, 5) is 18.2. The minimum absolute atomic E-state index is 0.0592. The van der Waals surface area contributed by atoms with E-state index >= 15 is 0 Å². The molecule has 3 aromatic rings. The van der Waals surface area contributed by atoms with E-state index in [1.54, 1.807) is 11.3 Å². The van der Waals surface area contributed by atoms with E-state index in [0.29, 0.717) is 29.8 Å². The summed E-state index contributed by atoms with van der Waals surface area (Å²) in [6, 6.07) is 7.81. The monoisotopic (exact) mass is 642 g/mol. The van der Waals surface area contributed by atoms with E-state index in [4.69, 9.17) is 29.1 Å². The highest BCUT2D eigenvalue weighted by Crippen LogP contribution is 2.41. The zero-order valence-corrected chi connectivity index (χ0v) is 27.2. The number of hydrogen-bond acceptors (Lipinski definition) is 10. The lowest BCUT2D eigenvalue weighted by Gasteiger charge is -2.29. The molecule has 4 heterocycles. The summed E-state index contributed by atoms with van der Waals surface area (Å²) in [5, 5.41) is 11.8. The highest BCUT2D eigenvalue weighted by Gasteiger charge is 2.34. The third kappa shape index (κ3) is 6.80. The molecule has 0 bridgehead atoms. The predicted octanol–water partition coefficient (Wildman–Crippen LogP) is 6.72. The topological polar surface area (TPSA) is 140 Å². The van der Waals surface area contributed by atoms with Crippen molar-refractivity contribution in [2.24, 2.45) is 0 Å². The van der Waals surface area contributed by atoms with Crippen LogP contribution in [-0.2, 0) is 23.9 Å². The molecule has 1 aromatic carbocycles. The van der Waals surface area contributed by atoms with Crippen LogP contribution in [0.25, 0.3) is 10.4 Å². The van der Waals surface area contributed by atoms with E-state index in [1.165, 1.54) is 0 Å². The van der Waals surface area contributed by atoms with Gasteiger partial charge < -0.3 is 24.8 Å². The second kappa shape index (κ2) is 13.2. The lowest BCUT2D eigenvalue weighted by atomic mass is 9.86. The Morgan fingerprint density at radius 3 is 2.64 bits per heavy atom. The van der Waals surface area contributed by atoms with Gasteiger partial charge in [-0.15, -0.1) is 11.3 Å². The smallest absolute Gasteiger partial charge is 0.407 e.